The number of rotatable bonds is 8. The predicted molar refractivity (Wildman–Crippen MR) is 118 cm³/mol. The number of carbonyl (C=O) groups is 1. The van der Waals surface area contributed by atoms with E-state index < -0.39 is 6.04 Å². The molecule has 0 aromatic heterocycles. The number of hydrogen-bond acceptors (Lipinski definition) is 3. The number of carbonyl (C=O) groups excluding carboxylic acids is 1. The van der Waals surface area contributed by atoms with Gasteiger partial charge in [-0.1, -0.05) is 66.7 Å². The molecule has 0 saturated heterocycles. The van der Waals surface area contributed by atoms with Gasteiger partial charge in [-0.25, -0.2) is 0 Å². The first-order valence-electron chi connectivity index (χ1n) is 9.99. The Labute approximate surface area is 172 Å². The highest BCUT2D eigenvalue weighted by Crippen LogP contribution is 2.27. The predicted octanol–water partition coefficient (Wildman–Crippen LogP) is 5.42. The summed E-state index contributed by atoms with van der Waals surface area (Å²) in [5.41, 5.74) is 3.96. The molecule has 0 heterocycles. The second kappa shape index (κ2) is 9.89. The zero-order valence-corrected chi connectivity index (χ0v) is 17.2. The molecule has 0 aliphatic heterocycles. The maximum absolute atomic E-state index is 13.3. The normalized spacial score (nSPS) is 12.8. The van der Waals surface area contributed by atoms with Crippen molar-refractivity contribution in [3.63, 3.8) is 0 Å². The Morgan fingerprint density at radius 3 is 2.31 bits per heavy atom. The molecule has 3 aromatic rings. The number of nitrogens with one attached hydrogen (secondary N) is 2. The SMILES string of the molecule is CCOc1ccccc1NC(=O)C(NC(C)c1ccccc1C)c1ccccc1. The minimum Gasteiger partial charge on any atom is -0.492 e. The van der Waals surface area contributed by atoms with E-state index in [1.165, 1.54) is 11.1 Å². The molecule has 0 saturated carbocycles. The molecule has 4 heteroatoms. The maximum Gasteiger partial charge on any atom is 0.246 e. The fraction of sp³-hybridized carbons (Fsp3) is 0.240. The van der Waals surface area contributed by atoms with Crippen molar-refractivity contribution in [3.8, 4) is 5.75 Å². The van der Waals surface area contributed by atoms with Gasteiger partial charge in [0.2, 0.25) is 5.91 Å². The molecule has 0 aliphatic carbocycles. The van der Waals surface area contributed by atoms with Crippen LogP contribution in [0.4, 0.5) is 5.69 Å². The average Bonchev–Trinajstić information content (AvgIpc) is 2.74. The number of aryl methyl sites for hydroxylation is 1. The summed E-state index contributed by atoms with van der Waals surface area (Å²) >= 11 is 0. The Bertz CT molecular complexity index is 940. The number of amides is 1. The molecule has 0 fully saturated rings. The standard InChI is InChI=1S/C25H28N2O2/c1-4-29-23-17-11-10-16-22(23)27-25(28)24(20-13-6-5-7-14-20)26-19(3)21-15-9-8-12-18(21)2/h5-17,19,24,26H,4H2,1-3H3,(H,27,28). The van der Waals surface area contributed by atoms with E-state index in [0.29, 0.717) is 18.0 Å². The minimum absolute atomic E-state index is 0.00860. The van der Waals surface area contributed by atoms with Crippen LogP contribution in [0.5, 0.6) is 5.75 Å². The Balaban J connectivity index is 1.86. The first-order chi connectivity index (χ1) is 14.1. The first kappa shape index (κ1) is 20.6. The van der Waals surface area contributed by atoms with Gasteiger partial charge in [0.25, 0.3) is 0 Å². The lowest BCUT2D eigenvalue weighted by atomic mass is 9.99. The molecule has 2 unspecified atom stereocenters. The Kier molecular flexibility index (Phi) is 7.04. The zero-order valence-electron chi connectivity index (χ0n) is 17.2. The molecule has 3 rings (SSSR count). The van der Waals surface area contributed by atoms with Crippen molar-refractivity contribution < 1.29 is 9.53 Å². The second-order valence-corrected chi connectivity index (χ2v) is 7.01. The van der Waals surface area contributed by atoms with Crippen molar-refractivity contribution in [2.75, 3.05) is 11.9 Å². The molecule has 4 nitrogen and oxygen atoms in total. The van der Waals surface area contributed by atoms with Gasteiger partial charge in [0.1, 0.15) is 11.8 Å². The van der Waals surface area contributed by atoms with Gasteiger partial charge in [-0.15, -0.1) is 0 Å². The Hall–Kier alpha value is -3.11. The molecule has 3 aromatic carbocycles. The van der Waals surface area contributed by atoms with Crippen LogP contribution in [0.15, 0.2) is 78.9 Å². The van der Waals surface area contributed by atoms with Crippen molar-refractivity contribution in [2.24, 2.45) is 0 Å². The molecule has 0 aliphatic rings. The van der Waals surface area contributed by atoms with Crippen LogP contribution < -0.4 is 15.4 Å². The monoisotopic (exact) mass is 388 g/mol. The highest BCUT2D eigenvalue weighted by Gasteiger charge is 2.24. The summed E-state index contributed by atoms with van der Waals surface area (Å²) < 4.78 is 5.65. The lowest BCUT2D eigenvalue weighted by Crippen LogP contribution is -2.35. The van der Waals surface area contributed by atoms with Gasteiger partial charge in [0, 0.05) is 6.04 Å². The van der Waals surface area contributed by atoms with E-state index in [-0.39, 0.29) is 11.9 Å². The first-order valence-corrected chi connectivity index (χ1v) is 9.99. The maximum atomic E-state index is 13.3. The summed E-state index contributed by atoms with van der Waals surface area (Å²) in [7, 11) is 0. The van der Waals surface area contributed by atoms with E-state index >= 15 is 0 Å². The van der Waals surface area contributed by atoms with E-state index in [0.717, 1.165) is 5.56 Å². The molecular weight excluding hydrogens is 360 g/mol. The van der Waals surface area contributed by atoms with Gasteiger partial charge in [-0.3, -0.25) is 10.1 Å². The number of ether oxygens (including phenoxy) is 1. The topological polar surface area (TPSA) is 50.4 Å². The van der Waals surface area contributed by atoms with Gasteiger partial charge in [-0.05, 0) is 49.6 Å². The largest absolute Gasteiger partial charge is 0.492 e. The molecule has 2 atom stereocenters. The number of para-hydroxylation sites is 2. The third-order valence-electron chi connectivity index (χ3n) is 4.91. The smallest absolute Gasteiger partial charge is 0.246 e. The molecular formula is C25H28N2O2. The van der Waals surface area contributed by atoms with Gasteiger partial charge in [0.05, 0.1) is 12.3 Å². The second-order valence-electron chi connectivity index (χ2n) is 7.01. The number of anilines is 1. The van der Waals surface area contributed by atoms with Gasteiger partial charge in [0.15, 0.2) is 0 Å². The molecule has 0 radical (unpaired) electrons. The van der Waals surface area contributed by atoms with Crippen molar-refractivity contribution in [1.82, 2.24) is 5.32 Å². The zero-order chi connectivity index (χ0) is 20.6. The molecule has 0 bridgehead atoms. The van der Waals surface area contributed by atoms with Crippen molar-refractivity contribution in [2.45, 2.75) is 32.9 Å². The van der Waals surface area contributed by atoms with Crippen LogP contribution in [0.2, 0.25) is 0 Å². The summed E-state index contributed by atoms with van der Waals surface area (Å²) in [5.74, 6) is 0.547. The van der Waals surface area contributed by atoms with Crippen LogP contribution in [0.1, 0.15) is 42.6 Å². The fourth-order valence-corrected chi connectivity index (χ4v) is 3.44. The van der Waals surface area contributed by atoms with Crippen molar-refractivity contribution in [1.29, 1.82) is 0 Å². The molecule has 2 N–H and O–H groups in total. The third kappa shape index (κ3) is 5.24. The highest BCUT2D eigenvalue weighted by atomic mass is 16.5. The van der Waals surface area contributed by atoms with Gasteiger partial charge >= 0.3 is 0 Å². The average molecular weight is 389 g/mol. The van der Waals surface area contributed by atoms with E-state index in [4.69, 9.17) is 4.74 Å². The van der Waals surface area contributed by atoms with Gasteiger partial charge < -0.3 is 10.1 Å². The van der Waals surface area contributed by atoms with E-state index in [1.807, 2.05) is 73.7 Å². The van der Waals surface area contributed by atoms with E-state index in [1.54, 1.807) is 0 Å². The van der Waals surface area contributed by atoms with Crippen LogP contribution >= 0.6 is 0 Å². The molecule has 29 heavy (non-hydrogen) atoms. The van der Waals surface area contributed by atoms with Crippen molar-refractivity contribution >= 4 is 11.6 Å². The van der Waals surface area contributed by atoms with Crippen LogP contribution in [-0.4, -0.2) is 12.5 Å². The van der Waals surface area contributed by atoms with Crippen LogP contribution in [-0.2, 0) is 4.79 Å². The van der Waals surface area contributed by atoms with Crippen LogP contribution in [0.3, 0.4) is 0 Å². The molecule has 0 spiro atoms. The van der Waals surface area contributed by atoms with Crippen LogP contribution in [0, 0.1) is 6.92 Å². The number of hydrogen-bond donors (Lipinski definition) is 2. The summed E-state index contributed by atoms with van der Waals surface area (Å²) in [6, 6.07) is 25.0. The molecule has 150 valence electrons. The summed E-state index contributed by atoms with van der Waals surface area (Å²) in [4.78, 5) is 13.3. The lowest BCUT2D eigenvalue weighted by molar-refractivity contribution is -0.118. The van der Waals surface area contributed by atoms with Crippen LogP contribution in [0.25, 0.3) is 0 Å². The van der Waals surface area contributed by atoms with Crippen molar-refractivity contribution in [3.05, 3.63) is 95.6 Å². The highest BCUT2D eigenvalue weighted by molar-refractivity contribution is 5.96. The summed E-state index contributed by atoms with van der Waals surface area (Å²) in [6.45, 7) is 6.64. The summed E-state index contributed by atoms with van der Waals surface area (Å²) in [6.07, 6.45) is 0. The van der Waals surface area contributed by atoms with E-state index in [9.17, 15) is 4.79 Å². The fourth-order valence-electron chi connectivity index (χ4n) is 3.44. The number of benzene rings is 3. The Morgan fingerprint density at radius 2 is 1.59 bits per heavy atom. The van der Waals surface area contributed by atoms with Gasteiger partial charge in [-0.2, -0.15) is 0 Å². The summed E-state index contributed by atoms with van der Waals surface area (Å²) in [5, 5.41) is 6.55. The third-order valence-corrected chi connectivity index (χ3v) is 4.91. The lowest BCUT2D eigenvalue weighted by Gasteiger charge is -2.25. The quantitative estimate of drug-likeness (QED) is 0.541. The minimum atomic E-state index is -0.500. The van der Waals surface area contributed by atoms with E-state index in [2.05, 4.69) is 36.6 Å². The molecule has 1 amide bonds. The Morgan fingerprint density at radius 1 is 0.931 bits per heavy atom.